The first-order valence-corrected chi connectivity index (χ1v) is 8.55. The summed E-state index contributed by atoms with van der Waals surface area (Å²) in [5.41, 5.74) is 0. The van der Waals surface area contributed by atoms with Gasteiger partial charge in [-0.25, -0.2) is 0 Å². The number of thiophene rings is 1. The molecule has 2 heterocycles. The zero-order valence-electron chi connectivity index (χ0n) is 10.1. The van der Waals surface area contributed by atoms with Crippen LogP contribution in [0.3, 0.4) is 0 Å². The van der Waals surface area contributed by atoms with Crippen molar-refractivity contribution in [1.29, 1.82) is 0 Å². The van der Waals surface area contributed by atoms with E-state index in [1.807, 2.05) is 12.1 Å². The molecule has 1 N–H and O–H groups in total. The number of nitrogens with one attached hydrogen (secondary N) is 1. The molecule has 100 valence electrons. The number of halogens is 1. The molecule has 4 nitrogen and oxygen atoms in total. The zero-order chi connectivity index (χ0) is 13.2. The van der Waals surface area contributed by atoms with E-state index in [0.29, 0.717) is 5.13 Å². The first kappa shape index (κ1) is 13.2. The lowest BCUT2D eigenvalue weighted by atomic mass is 10.1. The van der Waals surface area contributed by atoms with Crippen LogP contribution in [0.4, 0.5) is 5.13 Å². The van der Waals surface area contributed by atoms with Crippen molar-refractivity contribution in [1.82, 2.24) is 10.2 Å². The maximum Gasteiger partial charge on any atom is 0.229 e. The Bertz CT molecular complexity index is 589. The van der Waals surface area contributed by atoms with Gasteiger partial charge < -0.3 is 5.32 Å². The van der Waals surface area contributed by atoms with Crippen molar-refractivity contribution in [3.8, 4) is 9.88 Å². The fourth-order valence-electron chi connectivity index (χ4n) is 2.20. The summed E-state index contributed by atoms with van der Waals surface area (Å²) in [5, 5.41) is 12.5. The third-order valence-electron chi connectivity index (χ3n) is 3.17. The molecule has 0 aromatic carbocycles. The Morgan fingerprint density at radius 3 is 2.74 bits per heavy atom. The largest absolute Gasteiger partial charge is 0.300 e. The van der Waals surface area contributed by atoms with Gasteiger partial charge in [0.05, 0.1) is 8.66 Å². The maximum atomic E-state index is 12.0. The van der Waals surface area contributed by atoms with Crippen LogP contribution in [0.15, 0.2) is 15.9 Å². The molecule has 0 saturated heterocycles. The summed E-state index contributed by atoms with van der Waals surface area (Å²) in [4.78, 5) is 13.0. The van der Waals surface area contributed by atoms with E-state index in [-0.39, 0.29) is 11.8 Å². The summed E-state index contributed by atoms with van der Waals surface area (Å²) in [6.07, 6.45) is 4.30. The van der Waals surface area contributed by atoms with Gasteiger partial charge in [-0.15, -0.1) is 21.5 Å². The second-order valence-corrected chi connectivity index (χ2v) is 7.93. The highest BCUT2D eigenvalue weighted by Gasteiger charge is 2.23. The van der Waals surface area contributed by atoms with E-state index >= 15 is 0 Å². The molecule has 2 aromatic rings. The molecule has 3 rings (SSSR count). The molecule has 0 aliphatic heterocycles. The van der Waals surface area contributed by atoms with Crippen molar-refractivity contribution in [3.05, 3.63) is 15.9 Å². The molecular formula is C12H12BrN3OS2. The predicted octanol–water partition coefficient (Wildman–Crippen LogP) is 4.16. The fourth-order valence-corrected chi connectivity index (χ4v) is 4.38. The van der Waals surface area contributed by atoms with Gasteiger partial charge in [0.15, 0.2) is 5.01 Å². The molecule has 1 fully saturated rings. The summed E-state index contributed by atoms with van der Waals surface area (Å²) < 4.78 is 1.06. The lowest BCUT2D eigenvalue weighted by Crippen LogP contribution is -2.20. The first-order chi connectivity index (χ1) is 9.22. The Hall–Kier alpha value is -0.790. The van der Waals surface area contributed by atoms with E-state index in [0.717, 1.165) is 39.4 Å². The molecule has 0 radical (unpaired) electrons. The van der Waals surface area contributed by atoms with Crippen LogP contribution in [-0.4, -0.2) is 16.1 Å². The molecule has 0 bridgehead atoms. The number of aromatic nitrogens is 2. The number of carbonyl (C=O) groups is 1. The molecule has 7 heteroatoms. The first-order valence-electron chi connectivity index (χ1n) is 6.12. The van der Waals surface area contributed by atoms with Gasteiger partial charge in [0.25, 0.3) is 0 Å². The monoisotopic (exact) mass is 357 g/mol. The zero-order valence-corrected chi connectivity index (χ0v) is 13.3. The van der Waals surface area contributed by atoms with Crippen LogP contribution in [0.2, 0.25) is 0 Å². The van der Waals surface area contributed by atoms with Crippen molar-refractivity contribution in [3.63, 3.8) is 0 Å². The predicted molar refractivity (Wildman–Crippen MR) is 81.5 cm³/mol. The van der Waals surface area contributed by atoms with Crippen LogP contribution in [0.1, 0.15) is 25.7 Å². The highest BCUT2D eigenvalue weighted by Crippen LogP contribution is 2.34. The minimum atomic E-state index is 0.0903. The Morgan fingerprint density at radius 2 is 2.05 bits per heavy atom. The third-order valence-corrected chi connectivity index (χ3v) is 5.80. The minimum Gasteiger partial charge on any atom is -0.300 e. The number of nitrogens with zero attached hydrogens (tertiary/aromatic N) is 2. The second kappa shape index (κ2) is 5.68. The van der Waals surface area contributed by atoms with Gasteiger partial charge in [-0.2, -0.15) is 0 Å². The van der Waals surface area contributed by atoms with Gasteiger partial charge in [-0.1, -0.05) is 24.2 Å². The summed E-state index contributed by atoms with van der Waals surface area (Å²) in [5.74, 6) is 0.246. The van der Waals surface area contributed by atoms with Crippen LogP contribution in [0.25, 0.3) is 9.88 Å². The normalized spacial score (nSPS) is 15.8. The quantitative estimate of drug-likeness (QED) is 0.897. The van der Waals surface area contributed by atoms with E-state index in [1.54, 1.807) is 11.3 Å². The van der Waals surface area contributed by atoms with Gasteiger partial charge in [0.2, 0.25) is 11.0 Å². The van der Waals surface area contributed by atoms with Crippen molar-refractivity contribution in [2.45, 2.75) is 25.7 Å². The molecule has 0 spiro atoms. The topological polar surface area (TPSA) is 54.9 Å². The minimum absolute atomic E-state index is 0.0903. The van der Waals surface area contributed by atoms with Gasteiger partial charge in [0.1, 0.15) is 0 Å². The average molecular weight is 358 g/mol. The van der Waals surface area contributed by atoms with Crippen LogP contribution in [0, 0.1) is 5.92 Å². The molecule has 19 heavy (non-hydrogen) atoms. The van der Waals surface area contributed by atoms with Crippen molar-refractivity contribution in [2.24, 2.45) is 5.92 Å². The Morgan fingerprint density at radius 1 is 1.26 bits per heavy atom. The highest BCUT2D eigenvalue weighted by molar-refractivity contribution is 9.11. The van der Waals surface area contributed by atoms with E-state index in [2.05, 4.69) is 31.4 Å². The molecule has 0 atom stereocenters. The molecule has 0 unspecified atom stereocenters. The van der Waals surface area contributed by atoms with Crippen LogP contribution >= 0.6 is 38.6 Å². The number of hydrogen-bond acceptors (Lipinski definition) is 5. The Balaban J connectivity index is 1.69. The summed E-state index contributed by atoms with van der Waals surface area (Å²) >= 11 is 6.46. The van der Waals surface area contributed by atoms with Crippen molar-refractivity contribution in [2.75, 3.05) is 5.32 Å². The lowest BCUT2D eigenvalue weighted by Gasteiger charge is -2.06. The number of amides is 1. The molecular weight excluding hydrogens is 346 g/mol. The molecule has 1 amide bonds. The van der Waals surface area contributed by atoms with Crippen LogP contribution in [-0.2, 0) is 4.79 Å². The van der Waals surface area contributed by atoms with Gasteiger partial charge in [-0.05, 0) is 40.9 Å². The number of carbonyl (C=O) groups excluding carboxylic acids is 1. The second-order valence-electron chi connectivity index (χ2n) is 4.49. The number of anilines is 1. The van der Waals surface area contributed by atoms with E-state index in [4.69, 9.17) is 0 Å². The molecule has 2 aromatic heterocycles. The smallest absolute Gasteiger partial charge is 0.229 e. The summed E-state index contributed by atoms with van der Waals surface area (Å²) in [6.45, 7) is 0. The summed E-state index contributed by atoms with van der Waals surface area (Å²) in [7, 11) is 0. The maximum absolute atomic E-state index is 12.0. The summed E-state index contributed by atoms with van der Waals surface area (Å²) in [6, 6.07) is 3.98. The molecule has 1 saturated carbocycles. The number of hydrogen-bond donors (Lipinski definition) is 1. The highest BCUT2D eigenvalue weighted by atomic mass is 79.9. The van der Waals surface area contributed by atoms with Crippen LogP contribution < -0.4 is 5.32 Å². The van der Waals surface area contributed by atoms with E-state index < -0.39 is 0 Å². The average Bonchev–Trinajstić information content (AvgIpc) is 3.07. The fraction of sp³-hybridized carbons (Fsp3) is 0.417. The van der Waals surface area contributed by atoms with Crippen LogP contribution in [0.5, 0.6) is 0 Å². The van der Waals surface area contributed by atoms with E-state index in [9.17, 15) is 4.79 Å². The molecule has 1 aliphatic carbocycles. The Kier molecular flexibility index (Phi) is 3.95. The van der Waals surface area contributed by atoms with Crippen molar-refractivity contribution < 1.29 is 4.79 Å². The Labute approximate surface area is 127 Å². The lowest BCUT2D eigenvalue weighted by molar-refractivity contribution is -0.119. The van der Waals surface area contributed by atoms with Crippen molar-refractivity contribution >= 4 is 49.6 Å². The van der Waals surface area contributed by atoms with E-state index in [1.165, 1.54) is 11.3 Å². The van der Waals surface area contributed by atoms with Gasteiger partial charge >= 0.3 is 0 Å². The SMILES string of the molecule is O=C(Nc1nnc(-c2ccc(Br)s2)s1)C1CCCC1. The molecule has 1 aliphatic rings. The standard InChI is InChI=1S/C12H12BrN3OS2/c13-9-6-5-8(18-9)11-15-16-12(19-11)14-10(17)7-3-1-2-4-7/h5-7H,1-4H2,(H,14,16,17). The number of rotatable bonds is 3. The van der Waals surface area contributed by atoms with Gasteiger partial charge in [-0.3, -0.25) is 4.79 Å². The van der Waals surface area contributed by atoms with Gasteiger partial charge in [0, 0.05) is 5.92 Å². The third kappa shape index (κ3) is 3.04.